The Morgan fingerprint density at radius 2 is 1.71 bits per heavy atom. The molecule has 28 heavy (non-hydrogen) atoms. The summed E-state index contributed by atoms with van der Waals surface area (Å²) in [5.41, 5.74) is 10.7. The van der Waals surface area contributed by atoms with E-state index in [1.54, 1.807) is 13.0 Å². The average Bonchev–Trinajstić information content (AvgIpc) is 2.63. The highest BCUT2D eigenvalue weighted by Crippen LogP contribution is 2.37. The molecule has 0 bridgehead atoms. The Kier molecular flexibility index (Phi) is 7.03. The Morgan fingerprint density at radius 1 is 1.07 bits per heavy atom. The normalized spacial score (nSPS) is 11.5. The topological polar surface area (TPSA) is 142 Å². The minimum absolute atomic E-state index is 0.0274. The van der Waals surface area contributed by atoms with Crippen LogP contribution in [0.4, 0.5) is 0 Å². The van der Waals surface area contributed by atoms with E-state index in [0.717, 1.165) is 0 Å². The van der Waals surface area contributed by atoms with Crippen molar-refractivity contribution >= 4 is 49.6 Å². The number of rotatable bonds is 7. The van der Waals surface area contributed by atoms with Crippen LogP contribution in [0.2, 0.25) is 0 Å². The van der Waals surface area contributed by atoms with Gasteiger partial charge in [-0.25, -0.2) is 4.79 Å². The molecule has 5 N–H and O–H groups in total. The highest BCUT2D eigenvalue weighted by Gasteiger charge is 2.30. The van der Waals surface area contributed by atoms with Crippen LogP contribution in [0.3, 0.4) is 0 Å². The number of carbonyl (C=O) groups excluding carboxylic acids is 3. The van der Waals surface area contributed by atoms with Crippen molar-refractivity contribution in [2.24, 2.45) is 11.5 Å². The molecule has 0 aromatic heterocycles. The van der Waals surface area contributed by atoms with Crippen LogP contribution >= 0.6 is 31.9 Å². The molecular formula is C18H16Br2N2O6. The predicted molar refractivity (Wildman–Crippen MR) is 107 cm³/mol. The molecule has 10 heteroatoms. The van der Waals surface area contributed by atoms with E-state index in [4.69, 9.17) is 20.9 Å². The zero-order chi connectivity index (χ0) is 21.0. The van der Waals surface area contributed by atoms with Gasteiger partial charge in [-0.15, -0.1) is 0 Å². The summed E-state index contributed by atoms with van der Waals surface area (Å²) in [4.78, 5) is 35.6. The van der Waals surface area contributed by atoms with Crippen molar-refractivity contribution in [2.45, 2.75) is 13.0 Å². The Balaban J connectivity index is 2.57. The first-order valence-corrected chi connectivity index (χ1v) is 9.49. The number of amides is 2. The van der Waals surface area contributed by atoms with E-state index < -0.39 is 29.6 Å². The number of halogens is 2. The fourth-order valence-corrected chi connectivity index (χ4v) is 3.28. The van der Waals surface area contributed by atoms with Crippen molar-refractivity contribution in [2.75, 3.05) is 6.61 Å². The zero-order valence-corrected chi connectivity index (χ0v) is 17.7. The third kappa shape index (κ3) is 4.63. The Labute approximate surface area is 177 Å². The second kappa shape index (κ2) is 9.07. The molecule has 0 saturated heterocycles. The lowest BCUT2D eigenvalue weighted by Crippen LogP contribution is -2.24. The molecule has 148 valence electrons. The van der Waals surface area contributed by atoms with Gasteiger partial charge >= 0.3 is 5.97 Å². The van der Waals surface area contributed by atoms with Crippen LogP contribution < -0.4 is 16.2 Å². The standard InChI is InChI=1S/C18H16Br2N2O6/c1-2-27-18(26)15(9-4-5-10(16(21)24)14(23)13(9)20)28-12-6-3-8(19)7-11(12)17(22)25/h3-7,15,23H,2H2,1H3,(H2,21,24)(H2,22,25). The fraction of sp³-hybridized carbons (Fsp3) is 0.167. The molecule has 2 amide bonds. The summed E-state index contributed by atoms with van der Waals surface area (Å²) >= 11 is 6.38. The third-order valence-corrected chi connectivity index (χ3v) is 4.97. The second-order valence-electron chi connectivity index (χ2n) is 5.48. The van der Waals surface area contributed by atoms with Crippen molar-refractivity contribution in [1.29, 1.82) is 0 Å². The van der Waals surface area contributed by atoms with E-state index in [1.807, 2.05) is 0 Å². The Hall–Kier alpha value is -2.59. The number of carbonyl (C=O) groups is 3. The van der Waals surface area contributed by atoms with Gasteiger partial charge in [0, 0.05) is 10.0 Å². The molecule has 2 aromatic carbocycles. The summed E-state index contributed by atoms with van der Waals surface area (Å²) < 4.78 is 11.4. The smallest absolute Gasteiger partial charge is 0.352 e. The summed E-state index contributed by atoms with van der Waals surface area (Å²) in [5.74, 6) is -2.78. The summed E-state index contributed by atoms with van der Waals surface area (Å²) in [7, 11) is 0. The molecule has 0 fully saturated rings. The van der Waals surface area contributed by atoms with Crippen LogP contribution in [0.5, 0.6) is 11.5 Å². The number of primary amides is 2. The van der Waals surface area contributed by atoms with E-state index >= 15 is 0 Å². The minimum Gasteiger partial charge on any atom is -0.506 e. The molecule has 1 atom stereocenters. The third-order valence-electron chi connectivity index (χ3n) is 3.65. The number of esters is 1. The molecule has 0 saturated carbocycles. The van der Waals surface area contributed by atoms with Crippen LogP contribution in [-0.4, -0.2) is 29.5 Å². The van der Waals surface area contributed by atoms with E-state index in [-0.39, 0.29) is 33.5 Å². The van der Waals surface area contributed by atoms with Crippen LogP contribution in [0.1, 0.15) is 39.3 Å². The fourth-order valence-electron chi connectivity index (χ4n) is 2.36. The summed E-state index contributed by atoms with van der Waals surface area (Å²) in [6.07, 6.45) is -1.36. The molecule has 1 unspecified atom stereocenters. The molecule has 0 aliphatic carbocycles. The number of ether oxygens (including phenoxy) is 2. The highest BCUT2D eigenvalue weighted by molar-refractivity contribution is 9.10. The molecule has 0 spiro atoms. The van der Waals surface area contributed by atoms with Crippen molar-refractivity contribution < 1.29 is 29.0 Å². The number of aromatic hydroxyl groups is 1. The van der Waals surface area contributed by atoms with E-state index in [2.05, 4.69) is 31.9 Å². The minimum atomic E-state index is -1.36. The maximum absolute atomic E-state index is 12.5. The predicted octanol–water partition coefficient (Wildman–Crippen LogP) is 2.80. The molecule has 2 rings (SSSR count). The molecule has 0 aliphatic heterocycles. The first-order chi connectivity index (χ1) is 13.2. The van der Waals surface area contributed by atoms with Crippen molar-refractivity contribution in [3.8, 4) is 11.5 Å². The highest BCUT2D eigenvalue weighted by atomic mass is 79.9. The van der Waals surface area contributed by atoms with Crippen LogP contribution in [0.25, 0.3) is 0 Å². The number of hydrogen-bond acceptors (Lipinski definition) is 6. The van der Waals surface area contributed by atoms with Gasteiger partial charge in [0.25, 0.3) is 11.8 Å². The number of hydrogen-bond donors (Lipinski definition) is 3. The largest absolute Gasteiger partial charge is 0.506 e. The van der Waals surface area contributed by atoms with E-state index in [9.17, 15) is 19.5 Å². The lowest BCUT2D eigenvalue weighted by Gasteiger charge is -2.21. The maximum atomic E-state index is 12.5. The summed E-state index contributed by atoms with van der Waals surface area (Å²) in [5, 5.41) is 10.2. The lowest BCUT2D eigenvalue weighted by molar-refractivity contribution is -0.151. The van der Waals surface area contributed by atoms with Gasteiger partial charge in [-0.2, -0.15) is 0 Å². The van der Waals surface area contributed by atoms with E-state index in [1.165, 1.54) is 24.3 Å². The molecule has 0 radical (unpaired) electrons. The second-order valence-corrected chi connectivity index (χ2v) is 7.19. The zero-order valence-electron chi connectivity index (χ0n) is 14.6. The number of nitrogens with two attached hydrogens (primary N) is 2. The van der Waals surface area contributed by atoms with Crippen molar-refractivity contribution in [1.82, 2.24) is 0 Å². The van der Waals surface area contributed by atoms with Crippen molar-refractivity contribution in [3.05, 3.63) is 56.0 Å². The first kappa shape index (κ1) is 21.7. The van der Waals surface area contributed by atoms with Gasteiger partial charge in [0.1, 0.15) is 11.5 Å². The molecule has 0 aliphatic rings. The van der Waals surface area contributed by atoms with Gasteiger partial charge in [0.05, 0.1) is 22.2 Å². The number of benzene rings is 2. The van der Waals surface area contributed by atoms with Crippen LogP contribution in [0.15, 0.2) is 39.3 Å². The summed E-state index contributed by atoms with van der Waals surface area (Å²) in [6.45, 7) is 1.69. The van der Waals surface area contributed by atoms with Gasteiger partial charge in [-0.3, -0.25) is 9.59 Å². The maximum Gasteiger partial charge on any atom is 0.352 e. The quantitative estimate of drug-likeness (QED) is 0.484. The number of phenols is 1. The monoisotopic (exact) mass is 514 g/mol. The molecule has 0 heterocycles. The van der Waals surface area contributed by atoms with Gasteiger partial charge in [0.2, 0.25) is 6.10 Å². The average molecular weight is 516 g/mol. The Bertz CT molecular complexity index is 948. The van der Waals surface area contributed by atoms with Gasteiger partial charge in [-0.05, 0) is 47.1 Å². The molecule has 2 aromatic rings. The summed E-state index contributed by atoms with van der Waals surface area (Å²) in [6, 6.07) is 7.15. The van der Waals surface area contributed by atoms with E-state index in [0.29, 0.717) is 4.47 Å². The SMILES string of the molecule is CCOC(=O)C(Oc1ccc(Br)cc1C(N)=O)c1ccc(C(N)=O)c(O)c1Br. The first-order valence-electron chi connectivity index (χ1n) is 7.91. The molecular weight excluding hydrogens is 500 g/mol. The van der Waals surface area contributed by atoms with Gasteiger partial charge in [0.15, 0.2) is 0 Å². The molecule has 8 nitrogen and oxygen atoms in total. The van der Waals surface area contributed by atoms with Crippen LogP contribution in [0, 0.1) is 0 Å². The van der Waals surface area contributed by atoms with Gasteiger partial charge < -0.3 is 26.0 Å². The van der Waals surface area contributed by atoms with Gasteiger partial charge in [-0.1, -0.05) is 22.0 Å². The lowest BCUT2D eigenvalue weighted by atomic mass is 10.0. The van der Waals surface area contributed by atoms with Crippen LogP contribution in [-0.2, 0) is 9.53 Å². The van der Waals surface area contributed by atoms with Crippen molar-refractivity contribution in [3.63, 3.8) is 0 Å². The Morgan fingerprint density at radius 3 is 2.29 bits per heavy atom.